The van der Waals surface area contributed by atoms with E-state index < -0.39 is 0 Å². The van der Waals surface area contributed by atoms with Crippen molar-refractivity contribution in [2.75, 3.05) is 6.54 Å². The van der Waals surface area contributed by atoms with Crippen molar-refractivity contribution < 1.29 is 4.79 Å². The molecule has 0 saturated carbocycles. The third-order valence-electron chi connectivity index (χ3n) is 1.32. The Morgan fingerprint density at radius 3 is 2.22 bits per heavy atom. The molecular weight excluding hydrogens is 114 g/mol. The summed E-state index contributed by atoms with van der Waals surface area (Å²) in [5.41, 5.74) is 0. The van der Waals surface area contributed by atoms with Crippen LogP contribution in [0, 0.1) is 5.92 Å². The molecule has 0 spiro atoms. The van der Waals surface area contributed by atoms with Crippen molar-refractivity contribution in [1.29, 1.82) is 0 Å². The van der Waals surface area contributed by atoms with Gasteiger partial charge in [0.2, 0.25) is 5.91 Å². The van der Waals surface area contributed by atoms with Crippen molar-refractivity contribution in [2.45, 2.75) is 27.2 Å². The molecule has 1 saturated heterocycles. The fourth-order valence-corrected chi connectivity index (χ4v) is 0.717. The molecule has 1 rings (SSSR count). The van der Waals surface area contributed by atoms with Crippen LogP contribution in [0.4, 0.5) is 0 Å². The number of nitrogens with one attached hydrogen (secondary N) is 1. The zero-order chi connectivity index (χ0) is 7.28. The largest absolute Gasteiger partial charge is 0.356 e. The summed E-state index contributed by atoms with van der Waals surface area (Å²) in [5, 5.41) is 2.73. The van der Waals surface area contributed by atoms with E-state index >= 15 is 0 Å². The highest BCUT2D eigenvalue weighted by Gasteiger charge is 2.17. The SMILES string of the molecule is CC.CC1CCNC1=O. The predicted octanol–water partition coefficient (Wildman–Crippen LogP) is 1.17. The molecule has 1 heterocycles. The van der Waals surface area contributed by atoms with E-state index in [9.17, 15) is 4.79 Å². The number of hydrogen-bond donors (Lipinski definition) is 1. The van der Waals surface area contributed by atoms with Gasteiger partial charge in [0.15, 0.2) is 0 Å². The van der Waals surface area contributed by atoms with Crippen LogP contribution < -0.4 is 5.32 Å². The first-order chi connectivity index (χ1) is 4.30. The van der Waals surface area contributed by atoms with Crippen molar-refractivity contribution in [3.05, 3.63) is 0 Å². The summed E-state index contributed by atoms with van der Waals surface area (Å²) < 4.78 is 0. The third-order valence-corrected chi connectivity index (χ3v) is 1.32. The van der Waals surface area contributed by atoms with Gasteiger partial charge in [-0.3, -0.25) is 4.79 Å². The maximum Gasteiger partial charge on any atom is 0.222 e. The lowest BCUT2D eigenvalue weighted by Gasteiger charge is -1.90. The monoisotopic (exact) mass is 129 g/mol. The maximum atomic E-state index is 10.5. The topological polar surface area (TPSA) is 29.1 Å². The third kappa shape index (κ3) is 2.49. The smallest absolute Gasteiger partial charge is 0.222 e. The number of hydrogen-bond acceptors (Lipinski definition) is 1. The summed E-state index contributed by atoms with van der Waals surface area (Å²) in [6.45, 7) is 6.82. The fraction of sp³-hybridized carbons (Fsp3) is 0.857. The van der Waals surface area contributed by atoms with Gasteiger partial charge >= 0.3 is 0 Å². The zero-order valence-electron chi connectivity index (χ0n) is 6.40. The molecule has 1 atom stereocenters. The summed E-state index contributed by atoms with van der Waals surface area (Å²) >= 11 is 0. The molecule has 1 unspecified atom stereocenters. The average molecular weight is 129 g/mol. The van der Waals surface area contributed by atoms with Crippen LogP contribution in [-0.2, 0) is 4.79 Å². The lowest BCUT2D eigenvalue weighted by Crippen LogP contribution is -2.16. The first kappa shape index (κ1) is 8.47. The van der Waals surface area contributed by atoms with E-state index in [1.54, 1.807) is 0 Å². The molecule has 1 N–H and O–H groups in total. The highest BCUT2D eigenvalue weighted by molar-refractivity contribution is 5.80. The van der Waals surface area contributed by atoms with Gasteiger partial charge in [-0.2, -0.15) is 0 Å². The van der Waals surface area contributed by atoms with E-state index in [1.165, 1.54) is 0 Å². The van der Waals surface area contributed by atoms with Crippen LogP contribution in [-0.4, -0.2) is 12.5 Å². The summed E-state index contributed by atoms with van der Waals surface area (Å²) in [4.78, 5) is 10.5. The standard InChI is InChI=1S/C5H9NO.C2H6/c1-4-2-3-6-5(4)7;1-2/h4H,2-3H2,1H3,(H,6,7);1-2H3. The first-order valence-electron chi connectivity index (χ1n) is 3.58. The molecule has 0 radical (unpaired) electrons. The Hall–Kier alpha value is -0.530. The molecule has 0 aromatic heterocycles. The summed E-state index contributed by atoms with van der Waals surface area (Å²) in [5.74, 6) is 0.472. The Kier molecular flexibility index (Phi) is 4.10. The molecule has 1 amide bonds. The lowest BCUT2D eigenvalue weighted by atomic mass is 10.1. The predicted molar refractivity (Wildman–Crippen MR) is 38.1 cm³/mol. The molecule has 0 aliphatic carbocycles. The van der Waals surface area contributed by atoms with E-state index in [0.29, 0.717) is 0 Å². The molecule has 54 valence electrons. The molecule has 2 heteroatoms. The average Bonchev–Trinajstić information content (AvgIpc) is 2.23. The van der Waals surface area contributed by atoms with Crippen LogP contribution in [0.5, 0.6) is 0 Å². The Labute approximate surface area is 56.6 Å². The van der Waals surface area contributed by atoms with Gasteiger partial charge in [-0.15, -0.1) is 0 Å². The first-order valence-corrected chi connectivity index (χ1v) is 3.58. The van der Waals surface area contributed by atoms with Gasteiger partial charge in [-0.05, 0) is 6.42 Å². The van der Waals surface area contributed by atoms with Crippen LogP contribution in [0.1, 0.15) is 27.2 Å². The number of carbonyl (C=O) groups is 1. The van der Waals surface area contributed by atoms with Gasteiger partial charge in [0.25, 0.3) is 0 Å². The second-order valence-corrected chi connectivity index (χ2v) is 1.98. The molecule has 1 aliphatic heterocycles. The van der Waals surface area contributed by atoms with Gasteiger partial charge in [0.05, 0.1) is 0 Å². The molecule has 1 fully saturated rings. The quantitative estimate of drug-likeness (QED) is 0.522. The minimum absolute atomic E-state index is 0.208. The molecule has 9 heavy (non-hydrogen) atoms. The van der Waals surface area contributed by atoms with Crippen LogP contribution in [0.15, 0.2) is 0 Å². The van der Waals surface area contributed by atoms with Crippen molar-refractivity contribution in [3.8, 4) is 0 Å². The van der Waals surface area contributed by atoms with Gasteiger partial charge in [0, 0.05) is 12.5 Å². The van der Waals surface area contributed by atoms with Crippen molar-refractivity contribution in [2.24, 2.45) is 5.92 Å². The Morgan fingerprint density at radius 1 is 1.56 bits per heavy atom. The number of carbonyl (C=O) groups excluding carboxylic acids is 1. The Bertz CT molecular complexity index is 90.9. The Morgan fingerprint density at radius 2 is 2.11 bits per heavy atom. The highest BCUT2D eigenvalue weighted by atomic mass is 16.2. The second-order valence-electron chi connectivity index (χ2n) is 1.98. The van der Waals surface area contributed by atoms with Gasteiger partial charge in [-0.25, -0.2) is 0 Å². The van der Waals surface area contributed by atoms with Gasteiger partial charge < -0.3 is 5.32 Å². The number of amides is 1. The minimum atomic E-state index is 0.208. The van der Waals surface area contributed by atoms with E-state index in [2.05, 4.69) is 5.32 Å². The summed E-state index contributed by atoms with van der Waals surface area (Å²) in [6, 6.07) is 0. The van der Waals surface area contributed by atoms with Gasteiger partial charge in [0.1, 0.15) is 0 Å². The highest BCUT2D eigenvalue weighted by Crippen LogP contribution is 2.05. The van der Waals surface area contributed by atoms with Crippen LogP contribution in [0.25, 0.3) is 0 Å². The van der Waals surface area contributed by atoms with Crippen LogP contribution >= 0.6 is 0 Å². The van der Waals surface area contributed by atoms with Crippen molar-refractivity contribution >= 4 is 5.91 Å². The minimum Gasteiger partial charge on any atom is -0.356 e. The van der Waals surface area contributed by atoms with E-state index in [1.807, 2.05) is 20.8 Å². The van der Waals surface area contributed by atoms with E-state index in [0.717, 1.165) is 13.0 Å². The maximum absolute atomic E-state index is 10.5. The second kappa shape index (κ2) is 4.36. The Balaban J connectivity index is 0.000000291. The molecule has 0 aromatic rings. The molecule has 2 nitrogen and oxygen atoms in total. The normalized spacial score (nSPS) is 24.3. The molecule has 1 aliphatic rings. The van der Waals surface area contributed by atoms with Gasteiger partial charge in [-0.1, -0.05) is 20.8 Å². The lowest BCUT2D eigenvalue weighted by molar-refractivity contribution is -0.121. The zero-order valence-corrected chi connectivity index (χ0v) is 6.40. The summed E-state index contributed by atoms with van der Waals surface area (Å²) in [7, 11) is 0. The molecule has 0 bridgehead atoms. The number of rotatable bonds is 0. The van der Waals surface area contributed by atoms with E-state index in [4.69, 9.17) is 0 Å². The molecule has 0 aromatic carbocycles. The summed E-state index contributed by atoms with van der Waals surface area (Å²) in [6.07, 6.45) is 1.01. The van der Waals surface area contributed by atoms with Crippen LogP contribution in [0.2, 0.25) is 0 Å². The van der Waals surface area contributed by atoms with Crippen molar-refractivity contribution in [1.82, 2.24) is 5.32 Å². The molecular formula is C7H15NO. The fourth-order valence-electron chi connectivity index (χ4n) is 0.717. The van der Waals surface area contributed by atoms with E-state index in [-0.39, 0.29) is 11.8 Å². The van der Waals surface area contributed by atoms with Crippen LogP contribution in [0.3, 0.4) is 0 Å². The van der Waals surface area contributed by atoms with Crippen molar-refractivity contribution in [3.63, 3.8) is 0 Å².